The van der Waals surface area contributed by atoms with Crippen LogP contribution in [-0.4, -0.2) is 36.2 Å². The first-order valence-electron chi connectivity index (χ1n) is 6.45. The van der Waals surface area contributed by atoms with Crippen LogP contribution in [-0.2, 0) is 4.79 Å². The van der Waals surface area contributed by atoms with Gasteiger partial charge in [-0.25, -0.2) is 0 Å². The number of benzene rings is 1. The van der Waals surface area contributed by atoms with Gasteiger partial charge in [0.1, 0.15) is 0 Å². The highest BCUT2D eigenvalue weighted by molar-refractivity contribution is 8.00. The van der Waals surface area contributed by atoms with Crippen LogP contribution in [0.1, 0.15) is 12.8 Å². The number of thioether (sulfide) groups is 1. The normalized spacial score (nSPS) is 19.8. The number of carbonyl (C=O) groups is 1. The van der Waals surface area contributed by atoms with Gasteiger partial charge in [0.05, 0.1) is 5.75 Å². The highest BCUT2D eigenvalue weighted by Crippen LogP contribution is 2.20. The van der Waals surface area contributed by atoms with Gasteiger partial charge in [-0.05, 0) is 37.4 Å². The van der Waals surface area contributed by atoms with E-state index >= 15 is 0 Å². The molecule has 0 saturated carbocycles. The summed E-state index contributed by atoms with van der Waals surface area (Å²) in [5.74, 6) is 1.26. The van der Waals surface area contributed by atoms with E-state index in [0.717, 1.165) is 30.8 Å². The van der Waals surface area contributed by atoms with Crippen LogP contribution in [0.2, 0.25) is 0 Å². The molecule has 98 valence electrons. The summed E-state index contributed by atoms with van der Waals surface area (Å²) in [6.45, 7) is 2.42. The molecular formula is C14H20N2OS. The Morgan fingerprint density at radius 2 is 2.17 bits per heavy atom. The van der Waals surface area contributed by atoms with Crippen LogP contribution in [0.5, 0.6) is 0 Å². The number of amides is 1. The number of rotatable bonds is 4. The molecule has 0 bridgehead atoms. The summed E-state index contributed by atoms with van der Waals surface area (Å²) in [7, 11) is 0. The third-order valence-electron chi connectivity index (χ3n) is 3.31. The number of hydrogen-bond donors (Lipinski definition) is 1. The second kappa shape index (κ2) is 6.81. The molecule has 3 nitrogen and oxygen atoms in total. The molecule has 4 heteroatoms. The first-order valence-corrected chi connectivity index (χ1v) is 7.44. The highest BCUT2D eigenvalue weighted by atomic mass is 32.2. The molecular weight excluding hydrogens is 244 g/mol. The fourth-order valence-corrected chi connectivity index (χ4v) is 3.06. The maximum atomic E-state index is 12.1. The summed E-state index contributed by atoms with van der Waals surface area (Å²) in [6.07, 6.45) is 2.25. The predicted octanol–water partition coefficient (Wildman–Crippen LogP) is 1.98. The lowest BCUT2D eigenvalue weighted by Crippen LogP contribution is -2.42. The van der Waals surface area contributed by atoms with Gasteiger partial charge in [0.15, 0.2) is 0 Å². The number of piperidine rings is 1. The minimum Gasteiger partial charge on any atom is -0.342 e. The van der Waals surface area contributed by atoms with Crippen molar-refractivity contribution in [1.29, 1.82) is 0 Å². The van der Waals surface area contributed by atoms with Crippen molar-refractivity contribution in [2.45, 2.75) is 17.7 Å². The predicted molar refractivity (Wildman–Crippen MR) is 75.5 cm³/mol. The lowest BCUT2D eigenvalue weighted by atomic mass is 9.98. The van der Waals surface area contributed by atoms with Crippen LogP contribution in [0.3, 0.4) is 0 Å². The summed E-state index contributed by atoms with van der Waals surface area (Å²) in [5.41, 5.74) is 5.69. The molecule has 1 amide bonds. The molecule has 1 atom stereocenters. The molecule has 1 aromatic rings. The fraction of sp³-hybridized carbons (Fsp3) is 0.500. The fourth-order valence-electron chi connectivity index (χ4n) is 2.24. The van der Waals surface area contributed by atoms with Crippen molar-refractivity contribution in [3.8, 4) is 0 Å². The molecule has 18 heavy (non-hydrogen) atoms. The Hall–Kier alpha value is -1.00. The number of nitrogens with zero attached hydrogens (tertiary/aromatic N) is 1. The van der Waals surface area contributed by atoms with Crippen molar-refractivity contribution in [3.05, 3.63) is 30.3 Å². The molecule has 1 aliphatic heterocycles. The summed E-state index contributed by atoms with van der Waals surface area (Å²) >= 11 is 1.61. The summed E-state index contributed by atoms with van der Waals surface area (Å²) in [6, 6.07) is 10.1. The second-order valence-corrected chi connectivity index (χ2v) is 5.73. The molecule has 1 fully saturated rings. The molecule has 0 aliphatic carbocycles. The van der Waals surface area contributed by atoms with E-state index < -0.39 is 0 Å². The monoisotopic (exact) mass is 264 g/mol. The van der Waals surface area contributed by atoms with Gasteiger partial charge in [-0.2, -0.15) is 0 Å². The summed E-state index contributed by atoms with van der Waals surface area (Å²) in [4.78, 5) is 15.2. The van der Waals surface area contributed by atoms with Crippen molar-refractivity contribution < 1.29 is 4.79 Å². The maximum Gasteiger partial charge on any atom is 0.232 e. The average molecular weight is 264 g/mol. The van der Waals surface area contributed by atoms with E-state index in [1.165, 1.54) is 0 Å². The topological polar surface area (TPSA) is 46.3 Å². The van der Waals surface area contributed by atoms with Crippen molar-refractivity contribution in [2.24, 2.45) is 11.7 Å². The molecule has 1 aromatic carbocycles. The van der Waals surface area contributed by atoms with Crippen LogP contribution in [0.25, 0.3) is 0 Å². The minimum atomic E-state index is 0.238. The quantitative estimate of drug-likeness (QED) is 0.846. The van der Waals surface area contributed by atoms with E-state index in [4.69, 9.17) is 5.73 Å². The van der Waals surface area contributed by atoms with Crippen LogP contribution in [0.4, 0.5) is 0 Å². The lowest BCUT2D eigenvalue weighted by Gasteiger charge is -2.32. The molecule has 0 aromatic heterocycles. The highest BCUT2D eigenvalue weighted by Gasteiger charge is 2.22. The van der Waals surface area contributed by atoms with E-state index in [9.17, 15) is 4.79 Å². The number of hydrogen-bond acceptors (Lipinski definition) is 3. The Morgan fingerprint density at radius 1 is 1.39 bits per heavy atom. The smallest absolute Gasteiger partial charge is 0.232 e. The molecule has 1 saturated heterocycles. The zero-order chi connectivity index (χ0) is 12.8. The lowest BCUT2D eigenvalue weighted by molar-refractivity contribution is -0.130. The van der Waals surface area contributed by atoms with Crippen LogP contribution < -0.4 is 5.73 Å². The maximum absolute atomic E-state index is 12.1. The van der Waals surface area contributed by atoms with E-state index in [2.05, 4.69) is 0 Å². The molecule has 0 radical (unpaired) electrons. The zero-order valence-corrected chi connectivity index (χ0v) is 11.4. The van der Waals surface area contributed by atoms with Gasteiger partial charge in [-0.15, -0.1) is 11.8 Å². The first-order chi connectivity index (χ1) is 8.79. The third kappa shape index (κ3) is 3.75. The zero-order valence-electron chi connectivity index (χ0n) is 10.5. The molecule has 1 heterocycles. The Labute approximate surface area is 113 Å². The van der Waals surface area contributed by atoms with E-state index in [-0.39, 0.29) is 5.91 Å². The molecule has 2 rings (SSSR count). The minimum absolute atomic E-state index is 0.238. The second-order valence-electron chi connectivity index (χ2n) is 4.69. The summed E-state index contributed by atoms with van der Waals surface area (Å²) in [5, 5.41) is 0. The largest absolute Gasteiger partial charge is 0.342 e. The van der Waals surface area contributed by atoms with E-state index in [1.54, 1.807) is 11.8 Å². The molecule has 1 unspecified atom stereocenters. The van der Waals surface area contributed by atoms with Gasteiger partial charge in [-0.3, -0.25) is 4.79 Å². The Bertz CT molecular complexity index is 383. The molecule has 0 spiro atoms. The number of nitrogens with two attached hydrogens (primary N) is 1. The van der Waals surface area contributed by atoms with Crippen molar-refractivity contribution in [3.63, 3.8) is 0 Å². The van der Waals surface area contributed by atoms with Crippen LogP contribution in [0, 0.1) is 5.92 Å². The van der Waals surface area contributed by atoms with E-state index in [1.807, 2.05) is 35.2 Å². The molecule has 1 aliphatic rings. The van der Waals surface area contributed by atoms with Crippen molar-refractivity contribution in [2.75, 3.05) is 25.4 Å². The summed E-state index contributed by atoms with van der Waals surface area (Å²) < 4.78 is 0. The van der Waals surface area contributed by atoms with Crippen molar-refractivity contribution >= 4 is 17.7 Å². The van der Waals surface area contributed by atoms with E-state index in [0.29, 0.717) is 18.2 Å². The van der Waals surface area contributed by atoms with Crippen LogP contribution in [0.15, 0.2) is 35.2 Å². The number of likely N-dealkylation sites (tertiary alicyclic amines) is 1. The number of carbonyl (C=O) groups excluding carboxylic acids is 1. The Balaban J connectivity index is 1.81. The van der Waals surface area contributed by atoms with Crippen molar-refractivity contribution in [1.82, 2.24) is 4.90 Å². The SMILES string of the molecule is NCC1CCCN(C(=O)CSc2ccccc2)C1. The Kier molecular flexibility index (Phi) is 5.08. The standard InChI is InChI=1S/C14H20N2OS/c15-9-12-5-4-8-16(10-12)14(17)11-18-13-6-2-1-3-7-13/h1-3,6-7,12H,4-5,8-11,15H2. The van der Waals surface area contributed by atoms with Crippen LogP contribution >= 0.6 is 11.8 Å². The van der Waals surface area contributed by atoms with Gasteiger partial charge in [-0.1, -0.05) is 18.2 Å². The molecule has 2 N–H and O–H groups in total. The average Bonchev–Trinajstić information content (AvgIpc) is 2.46. The van der Waals surface area contributed by atoms with Gasteiger partial charge in [0.2, 0.25) is 5.91 Å². The van der Waals surface area contributed by atoms with Gasteiger partial charge >= 0.3 is 0 Å². The van der Waals surface area contributed by atoms with Gasteiger partial charge < -0.3 is 10.6 Å². The Morgan fingerprint density at radius 3 is 2.89 bits per heavy atom. The first kappa shape index (κ1) is 13.4. The third-order valence-corrected chi connectivity index (χ3v) is 4.31. The van der Waals surface area contributed by atoms with Gasteiger partial charge in [0.25, 0.3) is 0 Å². The van der Waals surface area contributed by atoms with Gasteiger partial charge in [0, 0.05) is 18.0 Å².